The normalized spacial score (nSPS) is 16.8. The van der Waals surface area contributed by atoms with E-state index in [2.05, 4.69) is 31.0 Å². The van der Waals surface area contributed by atoms with E-state index in [0.717, 1.165) is 32.5 Å². The summed E-state index contributed by atoms with van der Waals surface area (Å²) in [5.41, 5.74) is 0.179. The van der Waals surface area contributed by atoms with Crippen molar-refractivity contribution in [2.24, 2.45) is 5.92 Å². The average Bonchev–Trinajstić information content (AvgIpc) is 3.35. The Labute approximate surface area is 189 Å². The molecule has 0 bridgehead atoms. The van der Waals surface area contributed by atoms with Gasteiger partial charge in [-0.25, -0.2) is 18.7 Å². The number of alkyl halides is 2. The summed E-state index contributed by atoms with van der Waals surface area (Å²) in [5, 5.41) is 13.1. The highest BCUT2D eigenvalue weighted by Crippen LogP contribution is 2.30. The monoisotopic (exact) mass is 457 g/mol. The summed E-state index contributed by atoms with van der Waals surface area (Å²) in [5.74, 6) is 1.01. The molecule has 1 amide bonds. The summed E-state index contributed by atoms with van der Waals surface area (Å²) in [6.07, 6.45) is 5.54. The van der Waals surface area contributed by atoms with E-state index in [1.165, 1.54) is 30.0 Å². The number of carbonyl (C=O) groups is 1. The molecule has 3 aromatic rings. The first-order valence-electron chi connectivity index (χ1n) is 11.1. The second kappa shape index (κ2) is 9.26. The number of nitrogens with zero attached hydrogens (tertiary/aromatic N) is 4. The molecular weight excluding hydrogens is 432 g/mol. The Morgan fingerprint density at radius 3 is 2.85 bits per heavy atom. The Morgan fingerprint density at radius 1 is 1.27 bits per heavy atom. The summed E-state index contributed by atoms with van der Waals surface area (Å²) in [6.45, 7) is 2.46. The van der Waals surface area contributed by atoms with Gasteiger partial charge in [0.15, 0.2) is 11.4 Å². The van der Waals surface area contributed by atoms with Crippen molar-refractivity contribution >= 4 is 17.4 Å². The Balaban J connectivity index is 1.30. The molecule has 2 fully saturated rings. The molecule has 33 heavy (non-hydrogen) atoms. The summed E-state index contributed by atoms with van der Waals surface area (Å²) < 4.78 is 34.1. The molecule has 1 aliphatic heterocycles. The van der Waals surface area contributed by atoms with Crippen LogP contribution in [0.2, 0.25) is 0 Å². The SMILES string of the molecule is O=C(Nc1cn(C2CCNCC2)nc1C(F)F)c1coc(-c2ccnc(NCC3CC3)c2)n1. The molecule has 1 saturated heterocycles. The Kier molecular flexibility index (Phi) is 6.03. The molecule has 4 heterocycles. The lowest BCUT2D eigenvalue weighted by Gasteiger charge is -2.22. The Hall–Kier alpha value is -3.34. The van der Waals surface area contributed by atoms with Crippen LogP contribution in [0.15, 0.2) is 35.2 Å². The first kappa shape index (κ1) is 21.5. The van der Waals surface area contributed by atoms with Crippen LogP contribution < -0.4 is 16.0 Å². The molecule has 5 rings (SSSR count). The van der Waals surface area contributed by atoms with Gasteiger partial charge in [0.2, 0.25) is 5.89 Å². The van der Waals surface area contributed by atoms with Crippen LogP contribution in [-0.4, -0.2) is 45.3 Å². The number of carbonyl (C=O) groups excluding carboxylic acids is 1. The molecule has 1 saturated carbocycles. The Bertz CT molecular complexity index is 1120. The van der Waals surface area contributed by atoms with Crippen LogP contribution in [0.3, 0.4) is 0 Å². The van der Waals surface area contributed by atoms with Gasteiger partial charge in [0, 0.05) is 24.5 Å². The van der Waals surface area contributed by atoms with Crippen LogP contribution in [0.25, 0.3) is 11.5 Å². The first-order chi connectivity index (χ1) is 16.1. The number of aromatic nitrogens is 4. The molecule has 3 N–H and O–H groups in total. The molecule has 11 heteroatoms. The van der Waals surface area contributed by atoms with Gasteiger partial charge < -0.3 is 20.4 Å². The second-order valence-electron chi connectivity index (χ2n) is 8.44. The number of amides is 1. The predicted octanol–water partition coefficient (Wildman–Crippen LogP) is 3.87. The van der Waals surface area contributed by atoms with Crippen molar-refractivity contribution in [1.29, 1.82) is 0 Å². The largest absolute Gasteiger partial charge is 0.444 e. The van der Waals surface area contributed by atoms with E-state index >= 15 is 0 Å². The maximum atomic E-state index is 13.6. The van der Waals surface area contributed by atoms with Crippen molar-refractivity contribution in [1.82, 2.24) is 25.1 Å². The van der Waals surface area contributed by atoms with Crippen LogP contribution in [0.1, 0.15) is 54.3 Å². The summed E-state index contributed by atoms with van der Waals surface area (Å²) >= 11 is 0. The standard InChI is InChI=1S/C22H25F2N7O2/c23-20(24)19-16(11-31(30-19)15-4-6-25-7-5-15)28-21(32)17-12-33-22(29-17)14-3-8-26-18(9-14)27-10-13-1-2-13/h3,8-9,11-13,15,20,25H,1-2,4-7,10H2,(H,26,27)(H,28,32). The highest BCUT2D eigenvalue weighted by molar-refractivity contribution is 6.03. The number of hydrogen-bond acceptors (Lipinski definition) is 7. The van der Waals surface area contributed by atoms with Gasteiger partial charge in [0.1, 0.15) is 12.1 Å². The molecule has 174 valence electrons. The smallest absolute Gasteiger partial charge is 0.284 e. The van der Waals surface area contributed by atoms with Crippen molar-refractivity contribution in [3.05, 3.63) is 42.2 Å². The van der Waals surface area contributed by atoms with Crippen molar-refractivity contribution < 1.29 is 18.0 Å². The minimum atomic E-state index is -2.81. The van der Waals surface area contributed by atoms with E-state index in [1.807, 2.05) is 0 Å². The zero-order valence-electron chi connectivity index (χ0n) is 17.9. The lowest BCUT2D eigenvalue weighted by molar-refractivity contribution is 0.102. The van der Waals surface area contributed by atoms with Gasteiger partial charge in [-0.1, -0.05) is 0 Å². The summed E-state index contributed by atoms with van der Waals surface area (Å²) in [7, 11) is 0. The fourth-order valence-corrected chi connectivity index (χ4v) is 3.85. The molecule has 0 spiro atoms. The van der Waals surface area contributed by atoms with Crippen molar-refractivity contribution in [3.63, 3.8) is 0 Å². The fraction of sp³-hybridized carbons (Fsp3) is 0.455. The zero-order valence-corrected chi connectivity index (χ0v) is 17.9. The van der Waals surface area contributed by atoms with Crippen LogP contribution in [0.4, 0.5) is 20.3 Å². The van der Waals surface area contributed by atoms with E-state index in [-0.39, 0.29) is 23.3 Å². The number of oxazole rings is 1. The molecule has 3 aromatic heterocycles. The molecular formula is C22H25F2N7O2. The second-order valence-corrected chi connectivity index (χ2v) is 8.44. The topological polar surface area (TPSA) is 110 Å². The molecule has 1 aliphatic carbocycles. The van der Waals surface area contributed by atoms with Gasteiger partial charge in [-0.2, -0.15) is 5.10 Å². The summed E-state index contributed by atoms with van der Waals surface area (Å²) in [4.78, 5) is 21.2. The third-order valence-corrected chi connectivity index (χ3v) is 5.91. The lowest BCUT2D eigenvalue weighted by Crippen LogP contribution is -2.29. The average molecular weight is 457 g/mol. The highest BCUT2D eigenvalue weighted by Gasteiger charge is 2.25. The number of halogens is 2. The van der Waals surface area contributed by atoms with E-state index in [0.29, 0.717) is 17.3 Å². The molecule has 0 atom stereocenters. The van der Waals surface area contributed by atoms with Crippen LogP contribution in [0, 0.1) is 5.92 Å². The zero-order chi connectivity index (χ0) is 22.8. The number of pyridine rings is 1. The predicted molar refractivity (Wildman–Crippen MR) is 117 cm³/mol. The number of rotatable bonds is 8. The molecule has 0 aromatic carbocycles. The maximum absolute atomic E-state index is 13.6. The number of piperidine rings is 1. The minimum absolute atomic E-state index is 0.0101. The van der Waals surface area contributed by atoms with Gasteiger partial charge >= 0.3 is 0 Å². The number of hydrogen-bond donors (Lipinski definition) is 3. The van der Waals surface area contributed by atoms with Crippen molar-refractivity contribution in [3.8, 4) is 11.5 Å². The summed E-state index contributed by atoms with van der Waals surface area (Å²) in [6, 6.07) is 3.55. The van der Waals surface area contributed by atoms with E-state index in [1.54, 1.807) is 18.3 Å². The Morgan fingerprint density at radius 2 is 2.09 bits per heavy atom. The third-order valence-electron chi connectivity index (χ3n) is 5.91. The van der Waals surface area contributed by atoms with Crippen LogP contribution in [-0.2, 0) is 0 Å². The molecule has 2 aliphatic rings. The third kappa shape index (κ3) is 5.03. The number of anilines is 2. The van der Waals surface area contributed by atoms with Gasteiger partial charge in [-0.15, -0.1) is 0 Å². The van der Waals surface area contributed by atoms with Gasteiger partial charge in [0.05, 0.1) is 11.7 Å². The van der Waals surface area contributed by atoms with E-state index < -0.39 is 18.0 Å². The van der Waals surface area contributed by atoms with Crippen molar-refractivity contribution in [2.45, 2.75) is 38.2 Å². The molecule has 0 unspecified atom stereocenters. The highest BCUT2D eigenvalue weighted by atomic mass is 19.3. The van der Waals surface area contributed by atoms with Crippen LogP contribution >= 0.6 is 0 Å². The van der Waals surface area contributed by atoms with Gasteiger partial charge in [-0.05, 0) is 56.8 Å². The fourth-order valence-electron chi connectivity index (χ4n) is 3.85. The first-order valence-corrected chi connectivity index (χ1v) is 11.1. The maximum Gasteiger partial charge on any atom is 0.284 e. The number of nitrogens with one attached hydrogen (secondary N) is 3. The van der Waals surface area contributed by atoms with E-state index in [9.17, 15) is 13.6 Å². The minimum Gasteiger partial charge on any atom is -0.444 e. The van der Waals surface area contributed by atoms with Crippen molar-refractivity contribution in [2.75, 3.05) is 30.3 Å². The van der Waals surface area contributed by atoms with Crippen LogP contribution in [0.5, 0.6) is 0 Å². The molecule has 0 radical (unpaired) electrons. The molecule has 9 nitrogen and oxygen atoms in total. The van der Waals surface area contributed by atoms with Gasteiger partial charge in [0.25, 0.3) is 12.3 Å². The quantitative estimate of drug-likeness (QED) is 0.471. The van der Waals surface area contributed by atoms with Gasteiger partial charge in [-0.3, -0.25) is 9.48 Å². The lowest BCUT2D eigenvalue weighted by atomic mass is 10.1. The van der Waals surface area contributed by atoms with E-state index in [4.69, 9.17) is 4.42 Å².